The van der Waals surface area contributed by atoms with Crippen molar-refractivity contribution < 1.29 is 13.9 Å². The minimum atomic E-state index is -0.355. The summed E-state index contributed by atoms with van der Waals surface area (Å²) in [5.74, 6) is 1.48. The fraction of sp³-hybridized carbons (Fsp3) is 0.182. The molecule has 1 aromatic heterocycles. The Morgan fingerprint density at radius 2 is 1.86 bits per heavy atom. The maximum atomic E-state index is 11.9. The van der Waals surface area contributed by atoms with Gasteiger partial charge in [-0.05, 0) is 67.8 Å². The standard InChI is InChI=1S/C22H21ClN2O3/c1-14-5-7-18(10-16(14)3)27-13-22(26)25-24-12-19-8-9-21(28-19)17-6-4-15(2)20(23)11-17/h4-12H,13H2,1-3H3,(H,25,26)/b24-12-. The van der Waals surface area contributed by atoms with Crippen LogP contribution < -0.4 is 10.2 Å². The molecule has 0 bridgehead atoms. The Balaban J connectivity index is 1.53. The van der Waals surface area contributed by atoms with Crippen LogP contribution in [0.2, 0.25) is 5.02 Å². The molecule has 5 nitrogen and oxygen atoms in total. The van der Waals surface area contributed by atoms with E-state index in [1.165, 1.54) is 11.8 Å². The van der Waals surface area contributed by atoms with Crippen molar-refractivity contribution in [2.75, 3.05) is 6.61 Å². The summed E-state index contributed by atoms with van der Waals surface area (Å²) < 4.78 is 11.2. The third kappa shape index (κ3) is 5.02. The lowest BCUT2D eigenvalue weighted by atomic mass is 10.1. The summed E-state index contributed by atoms with van der Waals surface area (Å²) in [6.07, 6.45) is 1.44. The predicted octanol–water partition coefficient (Wildman–Crippen LogP) is 5.05. The Labute approximate surface area is 169 Å². The molecule has 1 N–H and O–H groups in total. The van der Waals surface area contributed by atoms with Gasteiger partial charge >= 0.3 is 0 Å². The van der Waals surface area contributed by atoms with Crippen LogP contribution in [0, 0.1) is 20.8 Å². The van der Waals surface area contributed by atoms with Crippen LogP contribution >= 0.6 is 11.6 Å². The zero-order valence-electron chi connectivity index (χ0n) is 16.0. The van der Waals surface area contributed by atoms with E-state index in [1.54, 1.807) is 6.07 Å². The molecule has 0 spiro atoms. The minimum Gasteiger partial charge on any atom is -0.484 e. The van der Waals surface area contributed by atoms with Gasteiger partial charge in [0, 0.05) is 10.6 Å². The molecule has 0 fully saturated rings. The number of carbonyl (C=O) groups excluding carboxylic acids is 1. The highest BCUT2D eigenvalue weighted by atomic mass is 35.5. The number of nitrogens with zero attached hydrogens (tertiary/aromatic N) is 1. The number of aryl methyl sites for hydroxylation is 3. The maximum Gasteiger partial charge on any atom is 0.277 e. The second-order valence-corrected chi connectivity index (χ2v) is 6.90. The Kier molecular flexibility index (Phi) is 6.16. The first-order chi connectivity index (χ1) is 13.4. The van der Waals surface area contributed by atoms with E-state index in [2.05, 4.69) is 10.5 Å². The number of amides is 1. The first-order valence-corrected chi connectivity index (χ1v) is 9.18. The van der Waals surface area contributed by atoms with E-state index in [0.717, 1.165) is 16.7 Å². The average Bonchev–Trinajstić information content (AvgIpc) is 3.14. The summed E-state index contributed by atoms with van der Waals surface area (Å²) in [4.78, 5) is 11.9. The number of furan rings is 1. The fourth-order valence-electron chi connectivity index (χ4n) is 2.48. The number of benzene rings is 2. The van der Waals surface area contributed by atoms with E-state index < -0.39 is 0 Å². The van der Waals surface area contributed by atoms with Crippen molar-refractivity contribution in [2.45, 2.75) is 20.8 Å². The molecule has 144 valence electrons. The van der Waals surface area contributed by atoms with Crippen LogP contribution in [0.15, 0.2) is 58.0 Å². The lowest BCUT2D eigenvalue weighted by molar-refractivity contribution is -0.123. The number of halogens is 1. The van der Waals surface area contributed by atoms with E-state index >= 15 is 0 Å². The number of hydrazone groups is 1. The molecule has 0 atom stereocenters. The van der Waals surface area contributed by atoms with Crippen LogP contribution in [-0.2, 0) is 4.79 Å². The van der Waals surface area contributed by atoms with Gasteiger partial charge < -0.3 is 9.15 Å². The predicted molar refractivity (Wildman–Crippen MR) is 111 cm³/mol. The topological polar surface area (TPSA) is 63.8 Å². The average molecular weight is 397 g/mol. The molecule has 0 saturated heterocycles. The summed E-state index contributed by atoms with van der Waals surface area (Å²) >= 11 is 6.15. The van der Waals surface area contributed by atoms with Crippen molar-refractivity contribution in [3.63, 3.8) is 0 Å². The van der Waals surface area contributed by atoms with Crippen LogP contribution in [0.3, 0.4) is 0 Å². The molecule has 1 heterocycles. The highest BCUT2D eigenvalue weighted by Crippen LogP contribution is 2.26. The highest BCUT2D eigenvalue weighted by molar-refractivity contribution is 6.31. The molecule has 3 aromatic rings. The summed E-state index contributed by atoms with van der Waals surface area (Å²) in [5.41, 5.74) is 6.58. The molecule has 2 aromatic carbocycles. The number of ether oxygens (including phenoxy) is 1. The molecule has 28 heavy (non-hydrogen) atoms. The zero-order valence-corrected chi connectivity index (χ0v) is 16.7. The largest absolute Gasteiger partial charge is 0.484 e. The van der Waals surface area contributed by atoms with Crippen LogP contribution in [0.5, 0.6) is 5.75 Å². The number of carbonyl (C=O) groups is 1. The minimum absolute atomic E-state index is 0.120. The summed E-state index contributed by atoms with van der Waals surface area (Å²) in [5, 5.41) is 4.58. The molecule has 0 aliphatic carbocycles. The lowest BCUT2D eigenvalue weighted by Gasteiger charge is -2.07. The fourth-order valence-corrected chi connectivity index (χ4v) is 2.66. The Bertz CT molecular complexity index is 1020. The first kappa shape index (κ1) is 19.7. The molecule has 1 amide bonds. The lowest BCUT2D eigenvalue weighted by Crippen LogP contribution is -2.24. The first-order valence-electron chi connectivity index (χ1n) is 8.80. The Hall–Kier alpha value is -3.05. The van der Waals surface area contributed by atoms with Crippen molar-refractivity contribution in [1.29, 1.82) is 0 Å². The van der Waals surface area contributed by atoms with Gasteiger partial charge in [0.05, 0.1) is 6.21 Å². The Morgan fingerprint density at radius 1 is 1.07 bits per heavy atom. The SMILES string of the molecule is Cc1ccc(OCC(=O)N/N=C\c2ccc(-c3ccc(C)c(Cl)c3)o2)cc1C. The van der Waals surface area contributed by atoms with Crippen LogP contribution in [0.4, 0.5) is 0 Å². The van der Waals surface area contributed by atoms with Gasteiger partial charge in [-0.1, -0.05) is 29.8 Å². The smallest absolute Gasteiger partial charge is 0.277 e. The molecule has 0 aliphatic rings. The highest BCUT2D eigenvalue weighted by Gasteiger charge is 2.06. The normalized spacial score (nSPS) is 11.0. The van der Waals surface area contributed by atoms with Crippen molar-refractivity contribution in [3.8, 4) is 17.1 Å². The molecule has 3 rings (SSSR count). The number of rotatable bonds is 6. The molecular formula is C22H21ClN2O3. The van der Waals surface area contributed by atoms with Gasteiger partial charge in [-0.25, -0.2) is 5.43 Å². The van der Waals surface area contributed by atoms with E-state index in [1.807, 2.05) is 63.2 Å². The zero-order chi connectivity index (χ0) is 20.1. The number of hydrogen-bond donors (Lipinski definition) is 1. The summed E-state index contributed by atoms with van der Waals surface area (Å²) in [6, 6.07) is 15.0. The van der Waals surface area contributed by atoms with Crippen molar-refractivity contribution in [1.82, 2.24) is 5.43 Å². The van der Waals surface area contributed by atoms with Gasteiger partial charge in [0.1, 0.15) is 17.3 Å². The van der Waals surface area contributed by atoms with Gasteiger partial charge in [-0.3, -0.25) is 4.79 Å². The molecule has 0 unspecified atom stereocenters. The van der Waals surface area contributed by atoms with Gasteiger partial charge in [-0.15, -0.1) is 0 Å². The van der Waals surface area contributed by atoms with E-state index in [4.69, 9.17) is 20.8 Å². The van der Waals surface area contributed by atoms with Gasteiger partial charge in [0.25, 0.3) is 5.91 Å². The second kappa shape index (κ2) is 8.76. The van der Waals surface area contributed by atoms with Crippen LogP contribution in [-0.4, -0.2) is 18.7 Å². The third-order valence-electron chi connectivity index (χ3n) is 4.31. The van der Waals surface area contributed by atoms with Gasteiger partial charge in [0.15, 0.2) is 6.61 Å². The molecule has 0 aliphatic heterocycles. The number of hydrogen-bond acceptors (Lipinski definition) is 4. The quantitative estimate of drug-likeness (QED) is 0.468. The van der Waals surface area contributed by atoms with Crippen molar-refractivity contribution >= 4 is 23.7 Å². The van der Waals surface area contributed by atoms with Crippen LogP contribution in [0.25, 0.3) is 11.3 Å². The Morgan fingerprint density at radius 3 is 2.61 bits per heavy atom. The summed E-state index contributed by atoms with van der Waals surface area (Å²) in [7, 11) is 0. The van der Waals surface area contributed by atoms with Gasteiger partial charge in [0.2, 0.25) is 0 Å². The van der Waals surface area contributed by atoms with E-state index in [9.17, 15) is 4.79 Å². The second-order valence-electron chi connectivity index (χ2n) is 6.49. The van der Waals surface area contributed by atoms with Crippen molar-refractivity contribution in [2.24, 2.45) is 5.10 Å². The van der Waals surface area contributed by atoms with Crippen LogP contribution in [0.1, 0.15) is 22.5 Å². The molecule has 0 radical (unpaired) electrons. The van der Waals surface area contributed by atoms with Gasteiger partial charge in [-0.2, -0.15) is 5.10 Å². The molecule has 6 heteroatoms. The maximum absolute atomic E-state index is 11.9. The van der Waals surface area contributed by atoms with E-state index in [0.29, 0.717) is 22.3 Å². The summed E-state index contributed by atoms with van der Waals surface area (Å²) in [6.45, 7) is 5.84. The van der Waals surface area contributed by atoms with Crippen molar-refractivity contribution in [3.05, 3.63) is 76.0 Å². The number of nitrogens with one attached hydrogen (secondary N) is 1. The third-order valence-corrected chi connectivity index (χ3v) is 4.72. The monoisotopic (exact) mass is 396 g/mol. The van der Waals surface area contributed by atoms with E-state index in [-0.39, 0.29) is 12.5 Å². The molecule has 0 saturated carbocycles. The molecular weight excluding hydrogens is 376 g/mol.